The quantitative estimate of drug-likeness (QED) is 0.851. The van der Waals surface area contributed by atoms with E-state index in [2.05, 4.69) is 22.5 Å². The number of aryl methyl sites for hydroxylation is 2. The molecule has 3 heteroatoms. The molecule has 3 nitrogen and oxygen atoms in total. The summed E-state index contributed by atoms with van der Waals surface area (Å²) >= 11 is 0. The van der Waals surface area contributed by atoms with Crippen molar-refractivity contribution in [2.24, 2.45) is 5.73 Å². The molecule has 1 saturated carbocycles. The second kappa shape index (κ2) is 3.32. The van der Waals surface area contributed by atoms with Crippen molar-refractivity contribution in [2.45, 2.75) is 38.1 Å². The molecule has 1 aliphatic rings. The zero-order valence-electron chi connectivity index (χ0n) is 9.61. The Morgan fingerprint density at radius 1 is 1.44 bits per heavy atom. The smallest absolute Gasteiger partial charge is 0.137 e. The second-order valence-corrected chi connectivity index (χ2v) is 4.94. The van der Waals surface area contributed by atoms with Crippen molar-refractivity contribution in [3.8, 4) is 0 Å². The third kappa shape index (κ3) is 1.61. The van der Waals surface area contributed by atoms with Crippen LogP contribution in [0.2, 0.25) is 0 Å². The van der Waals surface area contributed by atoms with Crippen LogP contribution >= 0.6 is 0 Å². The summed E-state index contributed by atoms with van der Waals surface area (Å²) in [6, 6.07) is 6.11. The highest BCUT2D eigenvalue weighted by molar-refractivity contribution is 5.42. The molecule has 3 rings (SSSR count). The Morgan fingerprint density at radius 2 is 2.25 bits per heavy atom. The molecular formula is C13H17N3. The molecule has 0 atom stereocenters. The zero-order chi connectivity index (χ0) is 11.2. The van der Waals surface area contributed by atoms with Crippen molar-refractivity contribution < 1.29 is 0 Å². The van der Waals surface area contributed by atoms with E-state index in [1.54, 1.807) is 0 Å². The van der Waals surface area contributed by atoms with Gasteiger partial charge in [0.25, 0.3) is 0 Å². The summed E-state index contributed by atoms with van der Waals surface area (Å²) in [7, 11) is 0. The normalized spacial score (nSPS) is 17.9. The average molecular weight is 215 g/mol. The van der Waals surface area contributed by atoms with E-state index in [1.807, 2.05) is 18.2 Å². The molecule has 1 fully saturated rings. The number of hydrogen-bond donors (Lipinski definition) is 1. The Morgan fingerprint density at radius 3 is 2.94 bits per heavy atom. The lowest BCUT2D eigenvalue weighted by Gasteiger charge is -2.06. The van der Waals surface area contributed by atoms with Gasteiger partial charge in [-0.1, -0.05) is 6.07 Å². The van der Waals surface area contributed by atoms with E-state index in [9.17, 15) is 0 Å². The summed E-state index contributed by atoms with van der Waals surface area (Å²) in [6.07, 6.45) is 6.50. The van der Waals surface area contributed by atoms with Gasteiger partial charge in [-0.05, 0) is 44.7 Å². The van der Waals surface area contributed by atoms with Crippen LogP contribution in [0, 0.1) is 6.92 Å². The molecule has 84 valence electrons. The highest BCUT2D eigenvalue weighted by Gasteiger charge is 2.37. The van der Waals surface area contributed by atoms with Crippen LogP contribution in [0.5, 0.6) is 0 Å². The molecule has 0 spiro atoms. The van der Waals surface area contributed by atoms with Gasteiger partial charge >= 0.3 is 0 Å². The van der Waals surface area contributed by atoms with Crippen molar-refractivity contribution in [3.63, 3.8) is 0 Å². The van der Waals surface area contributed by atoms with E-state index in [-0.39, 0.29) is 5.54 Å². The summed E-state index contributed by atoms with van der Waals surface area (Å²) < 4.78 is 2.14. The van der Waals surface area contributed by atoms with Gasteiger partial charge in [-0.15, -0.1) is 0 Å². The molecule has 16 heavy (non-hydrogen) atoms. The molecule has 0 radical (unpaired) electrons. The van der Waals surface area contributed by atoms with E-state index in [4.69, 9.17) is 5.73 Å². The molecule has 2 aromatic heterocycles. The van der Waals surface area contributed by atoms with Gasteiger partial charge < -0.3 is 10.1 Å². The number of hydrogen-bond acceptors (Lipinski definition) is 2. The summed E-state index contributed by atoms with van der Waals surface area (Å²) in [4.78, 5) is 4.65. The van der Waals surface area contributed by atoms with Gasteiger partial charge in [0.1, 0.15) is 5.65 Å². The third-order valence-electron chi connectivity index (χ3n) is 3.62. The first-order valence-corrected chi connectivity index (χ1v) is 5.89. The third-order valence-corrected chi connectivity index (χ3v) is 3.62. The number of imidazole rings is 1. The topological polar surface area (TPSA) is 43.3 Å². The van der Waals surface area contributed by atoms with Crippen LogP contribution in [-0.4, -0.2) is 14.9 Å². The summed E-state index contributed by atoms with van der Waals surface area (Å²) in [5, 5.41) is 0. The van der Waals surface area contributed by atoms with Gasteiger partial charge in [0.15, 0.2) is 0 Å². The highest BCUT2D eigenvalue weighted by atomic mass is 15.0. The van der Waals surface area contributed by atoms with Crippen molar-refractivity contribution in [2.75, 3.05) is 0 Å². The van der Waals surface area contributed by atoms with Gasteiger partial charge in [0, 0.05) is 17.4 Å². The molecule has 0 amide bonds. The van der Waals surface area contributed by atoms with Crippen LogP contribution < -0.4 is 5.73 Å². The predicted molar refractivity (Wildman–Crippen MR) is 64.4 cm³/mol. The minimum atomic E-state index is 0.127. The predicted octanol–water partition coefficient (Wildman–Crippen LogP) is 2.07. The fraction of sp³-hybridized carbons (Fsp3) is 0.462. The summed E-state index contributed by atoms with van der Waals surface area (Å²) in [6.45, 7) is 2.13. The summed E-state index contributed by atoms with van der Waals surface area (Å²) in [5.74, 6) is 0. The average Bonchev–Trinajstić information content (AvgIpc) is 2.94. The van der Waals surface area contributed by atoms with Crippen LogP contribution in [0.1, 0.15) is 30.7 Å². The second-order valence-electron chi connectivity index (χ2n) is 4.94. The van der Waals surface area contributed by atoms with Gasteiger partial charge in [-0.2, -0.15) is 0 Å². The first-order chi connectivity index (χ1) is 7.68. The molecular weight excluding hydrogens is 198 g/mol. The fourth-order valence-electron chi connectivity index (χ4n) is 2.18. The van der Waals surface area contributed by atoms with Gasteiger partial charge in [-0.3, -0.25) is 0 Å². The van der Waals surface area contributed by atoms with E-state index in [1.165, 1.54) is 24.2 Å². The molecule has 2 heterocycles. The number of pyridine rings is 1. The van der Waals surface area contributed by atoms with Gasteiger partial charge in [-0.25, -0.2) is 4.98 Å². The number of nitrogens with two attached hydrogens (primary N) is 1. The SMILES string of the molecule is Cc1c(CCC2(N)CC2)nc2ccccn12. The lowest BCUT2D eigenvalue weighted by atomic mass is 10.1. The first kappa shape index (κ1) is 9.85. The van der Waals surface area contributed by atoms with Crippen LogP contribution in [0.25, 0.3) is 5.65 Å². The fourth-order valence-corrected chi connectivity index (χ4v) is 2.18. The maximum atomic E-state index is 6.10. The molecule has 0 bridgehead atoms. The van der Waals surface area contributed by atoms with E-state index < -0.39 is 0 Å². The van der Waals surface area contributed by atoms with Crippen LogP contribution in [-0.2, 0) is 6.42 Å². The van der Waals surface area contributed by atoms with E-state index in [0.717, 1.165) is 18.5 Å². The summed E-state index contributed by atoms with van der Waals surface area (Å²) in [5.41, 5.74) is 9.72. The maximum absolute atomic E-state index is 6.10. The Balaban J connectivity index is 1.88. The Kier molecular flexibility index (Phi) is 2.04. The molecule has 0 saturated heterocycles. The molecule has 0 unspecified atom stereocenters. The number of nitrogens with zero attached hydrogens (tertiary/aromatic N) is 2. The van der Waals surface area contributed by atoms with Crippen LogP contribution in [0.15, 0.2) is 24.4 Å². The van der Waals surface area contributed by atoms with Crippen LogP contribution in [0.4, 0.5) is 0 Å². The molecule has 2 N–H and O–H groups in total. The highest BCUT2D eigenvalue weighted by Crippen LogP contribution is 2.36. The van der Waals surface area contributed by atoms with Crippen molar-refractivity contribution in [1.29, 1.82) is 0 Å². The molecule has 1 aliphatic carbocycles. The van der Waals surface area contributed by atoms with E-state index >= 15 is 0 Å². The number of aromatic nitrogens is 2. The van der Waals surface area contributed by atoms with Crippen molar-refractivity contribution >= 4 is 5.65 Å². The molecule has 0 aromatic carbocycles. The molecule has 2 aromatic rings. The minimum absolute atomic E-state index is 0.127. The van der Waals surface area contributed by atoms with Crippen molar-refractivity contribution in [3.05, 3.63) is 35.8 Å². The van der Waals surface area contributed by atoms with Gasteiger partial charge in [0.05, 0.1) is 5.69 Å². The largest absolute Gasteiger partial charge is 0.325 e. The maximum Gasteiger partial charge on any atom is 0.137 e. The van der Waals surface area contributed by atoms with Crippen molar-refractivity contribution in [1.82, 2.24) is 9.38 Å². The standard InChI is InChI=1S/C13H17N3/c1-10-11(5-6-13(14)7-8-13)15-12-4-2-3-9-16(10)12/h2-4,9H,5-8,14H2,1H3. The minimum Gasteiger partial charge on any atom is -0.325 e. The van der Waals surface area contributed by atoms with E-state index in [0.29, 0.717) is 0 Å². The monoisotopic (exact) mass is 215 g/mol. The number of fused-ring (bicyclic) bond motifs is 1. The van der Waals surface area contributed by atoms with Gasteiger partial charge in [0.2, 0.25) is 0 Å². The Hall–Kier alpha value is -1.35. The lowest BCUT2D eigenvalue weighted by molar-refractivity contribution is 0.603. The molecule has 0 aliphatic heterocycles. The van der Waals surface area contributed by atoms with Crippen LogP contribution in [0.3, 0.4) is 0 Å². The lowest BCUT2D eigenvalue weighted by Crippen LogP contribution is -2.22. The number of rotatable bonds is 3. The Labute approximate surface area is 95.3 Å². The Bertz CT molecular complexity index is 523. The first-order valence-electron chi connectivity index (χ1n) is 5.89. The zero-order valence-corrected chi connectivity index (χ0v) is 9.61.